The van der Waals surface area contributed by atoms with Crippen LogP contribution in [0, 0.1) is 17.5 Å². The molecule has 3 rings (SSSR count). The average molecular weight is 300 g/mol. The van der Waals surface area contributed by atoms with E-state index in [9.17, 15) is 18.0 Å². The predicted molar refractivity (Wildman–Crippen MR) is 70.7 cm³/mol. The molecule has 3 nitrogen and oxygen atoms in total. The quantitative estimate of drug-likeness (QED) is 0.745. The van der Waals surface area contributed by atoms with E-state index in [1.165, 1.54) is 0 Å². The highest BCUT2D eigenvalue weighted by molar-refractivity contribution is 7.80. The number of halogens is 3. The molecule has 1 aromatic carbocycles. The Morgan fingerprint density at radius 2 is 1.80 bits per heavy atom. The predicted octanol–water partition coefficient (Wildman–Crippen LogP) is 2.59. The van der Waals surface area contributed by atoms with Gasteiger partial charge in [0, 0.05) is 18.7 Å². The zero-order chi connectivity index (χ0) is 14.4. The highest BCUT2D eigenvalue weighted by atomic mass is 32.1. The number of anilines is 1. The van der Waals surface area contributed by atoms with E-state index in [1.807, 2.05) is 0 Å². The Balaban J connectivity index is 2.06. The molecule has 1 atom stereocenters. The maximum absolute atomic E-state index is 13.8. The van der Waals surface area contributed by atoms with Crippen LogP contribution in [-0.2, 0) is 4.79 Å². The van der Waals surface area contributed by atoms with Crippen molar-refractivity contribution >= 4 is 28.9 Å². The molecule has 1 aromatic rings. The molecule has 20 heavy (non-hydrogen) atoms. The molecule has 2 heterocycles. The minimum Gasteiger partial charge on any atom is -0.336 e. The second-order valence-electron chi connectivity index (χ2n) is 4.88. The van der Waals surface area contributed by atoms with Gasteiger partial charge in [-0.25, -0.2) is 18.1 Å². The van der Waals surface area contributed by atoms with E-state index in [-0.39, 0.29) is 5.11 Å². The maximum atomic E-state index is 13.8. The fourth-order valence-electron chi connectivity index (χ4n) is 2.74. The third kappa shape index (κ3) is 1.88. The zero-order valence-corrected chi connectivity index (χ0v) is 11.2. The fraction of sp³-hybridized carbons (Fsp3) is 0.385. The Bertz CT molecular complexity index is 560. The number of carbonyl (C=O) groups excluding carboxylic acids is 1. The zero-order valence-electron chi connectivity index (χ0n) is 10.4. The Kier molecular flexibility index (Phi) is 3.16. The van der Waals surface area contributed by atoms with Gasteiger partial charge in [-0.2, -0.15) is 0 Å². The number of fused-ring (bicyclic) bond motifs is 1. The largest absolute Gasteiger partial charge is 0.336 e. The van der Waals surface area contributed by atoms with Crippen molar-refractivity contribution in [1.29, 1.82) is 0 Å². The van der Waals surface area contributed by atoms with E-state index in [4.69, 9.17) is 12.2 Å². The summed E-state index contributed by atoms with van der Waals surface area (Å²) in [5.74, 6) is -3.73. The van der Waals surface area contributed by atoms with Crippen molar-refractivity contribution < 1.29 is 18.0 Å². The molecule has 1 unspecified atom stereocenters. The summed E-state index contributed by atoms with van der Waals surface area (Å²) in [7, 11) is 0. The van der Waals surface area contributed by atoms with Crippen LogP contribution in [0.15, 0.2) is 12.1 Å². The molecule has 0 saturated carbocycles. The van der Waals surface area contributed by atoms with Crippen LogP contribution in [0.25, 0.3) is 0 Å². The number of carbonyl (C=O) groups is 1. The van der Waals surface area contributed by atoms with Crippen molar-refractivity contribution in [3.63, 3.8) is 0 Å². The lowest BCUT2D eigenvalue weighted by atomic mass is 10.0. The number of rotatable bonds is 1. The van der Waals surface area contributed by atoms with Gasteiger partial charge in [0.25, 0.3) is 5.91 Å². The van der Waals surface area contributed by atoms with Gasteiger partial charge in [-0.1, -0.05) is 0 Å². The van der Waals surface area contributed by atoms with Crippen LogP contribution < -0.4 is 4.90 Å². The lowest BCUT2D eigenvalue weighted by Gasteiger charge is -2.27. The monoisotopic (exact) mass is 300 g/mol. The highest BCUT2D eigenvalue weighted by Crippen LogP contribution is 2.34. The number of hydrogen-bond donors (Lipinski definition) is 0. The summed E-state index contributed by atoms with van der Waals surface area (Å²) in [5, 5.41) is 0.0871. The standard InChI is InChI=1S/C13H11F3N2OS/c14-7-5-8(15)11(9(16)6-7)18-12(19)10-3-1-2-4-17(10)13(18)20/h5-6,10H,1-4H2. The molecule has 1 amide bonds. The smallest absolute Gasteiger partial charge is 0.256 e. The van der Waals surface area contributed by atoms with E-state index >= 15 is 0 Å². The van der Waals surface area contributed by atoms with E-state index < -0.39 is 35.1 Å². The second kappa shape index (κ2) is 4.73. The molecule has 0 radical (unpaired) electrons. The molecular formula is C13H11F3N2OS. The lowest BCUT2D eigenvalue weighted by Crippen LogP contribution is -2.38. The van der Waals surface area contributed by atoms with Crippen molar-refractivity contribution in [3.8, 4) is 0 Å². The van der Waals surface area contributed by atoms with Gasteiger partial charge in [0.2, 0.25) is 0 Å². The van der Waals surface area contributed by atoms with Crippen LogP contribution in [0.4, 0.5) is 18.9 Å². The Morgan fingerprint density at radius 3 is 2.40 bits per heavy atom. The van der Waals surface area contributed by atoms with E-state index in [1.54, 1.807) is 4.90 Å². The third-order valence-corrected chi connectivity index (χ3v) is 4.07. The van der Waals surface area contributed by atoms with Gasteiger partial charge in [0.05, 0.1) is 0 Å². The van der Waals surface area contributed by atoms with Crippen LogP contribution in [0.3, 0.4) is 0 Å². The van der Waals surface area contributed by atoms with Crippen LogP contribution in [0.1, 0.15) is 19.3 Å². The summed E-state index contributed by atoms with van der Waals surface area (Å²) in [6, 6.07) is 0.636. The molecule has 7 heteroatoms. The topological polar surface area (TPSA) is 23.6 Å². The van der Waals surface area contributed by atoms with Crippen molar-refractivity contribution in [1.82, 2.24) is 4.90 Å². The van der Waals surface area contributed by atoms with Crippen molar-refractivity contribution in [3.05, 3.63) is 29.6 Å². The van der Waals surface area contributed by atoms with Crippen molar-refractivity contribution in [2.75, 3.05) is 11.4 Å². The normalized spacial score (nSPS) is 22.4. The number of thiocarbonyl (C=S) groups is 1. The lowest BCUT2D eigenvalue weighted by molar-refractivity contribution is -0.120. The van der Waals surface area contributed by atoms with Crippen molar-refractivity contribution in [2.24, 2.45) is 0 Å². The van der Waals surface area contributed by atoms with Gasteiger partial charge < -0.3 is 4.90 Å². The molecule has 0 N–H and O–H groups in total. The Morgan fingerprint density at radius 1 is 1.15 bits per heavy atom. The van der Waals surface area contributed by atoms with Crippen LogP contribution in [0.5, 0.6) is 0 Å². The van der Waals surface area contributed by atoms with Gasteiger partial charge in [-0.3, -0.25) is 4.79 Å². The summed E-state index contributed by atoms with van der Waals surface area (Å²) in [6.07, 6.45) is 2.36. The molecule has 2 aliphatic rings. The first kappa shape index (κ1) is 13.4. The molecule has 2 fully saturated rings. The van der Waals surface area contributed by atoms with Gasteiger partial charge in [-0.05, 0) is 31.5 Å². The van der Waals surface area contributed by atoms with E-state index in [2.05, 4.69) is 0 Å². The molecular weight excluding hydrogens is 289 g/mol. The fourth-order valence-corrected chi connectivity index (χ4v) is 3.14. The molecule has 0 aliphatic carbocycles. The summed E-state index contributed by atoms with van der Waals surface area (Å²) < 4.78 is 40.6. The van der Waals surface area contributed by atoms with Crippen LogP contribution in [0.2, 0.25) is 0 Å². The first-order chi connectivity index (χ1) is 9.50. The molecule has 2 aliphatic heterocycles. The SMILES string of the molecule is O=C1C2CCCCN2C(=S)N1c1c(F)cc(F)cc1F. The van der Waals surface area contributed by atoms with Crippen molar-refractivity contribution in [2.45, 2.75) is 25.3 Å². The second-order valence-corrected chi connectivity index (χ2v) is 5.24. The highest BCUT2D eigenvalue weighted by Gasteiger charge is 2.45. The van der Waals surface area contributed by atoms with Gasteiger partial charge in [0.1, 0.15) is 17.5 Å². The molecule has 2 saturated heterocycles. The summed E-state index contributed by atoms with van der Waals surface area (Å²) in [5.41, 5.74) is -0.587. The number of hydrogen-bond acceptors (Lipinski definition) is 2. The number of piperidine rings is 1. The minimum absolute atomic E-state index is 0.0871. The minimum atomic E-state index is -1.13. The van der Waals surface area contributed by atoms with Gasteiger partial charge in [0.15, 0.2) is 16.7 Å². The summed E-state index contributed by atoms with van der Waals surface area (Å²) in [4.78, 5) is 14.9. The van der Waals surface area contributed by atoms with E-state index in [0.29, 0.717) is 25.1 Å². The third-order valence-electron chi connectivity index (χ3n) is 3.65. The maximum Gasteiger partial charge on any atom is 0.256 e. The van der Waals surface area contributed by atoms with E-state index in [0.717, 1.165) is 17.7 Å². The Labute approximate surface area is 119 Å². The number of nitrogens with zero attached hydrogens (tertiary/aromatic N) is 2. The number of benzene rings is 1. The molecule has 0 spiro atoms. The first-order valence-electron chi connectivity index (χ1n) is 6.30. The molecule has 0 aromatic heterocycles. The number of amides is 1. The van der Waals surface area contributed by atoms with Crippen LogP contribution >= 0.6 is 12.2 Å². The molecule has 106 valence electrons. The van der Waals surface area contributed by atoms with Crippen LogP contribution in [-0.4, -0.2) is 28.5 Å². The van der Waals surface area contributed by atoms with Gasteiger partial charge in [-0.15, -0.1) is 0 Å². The molecule has 0 bridgehead atoms. The Hall–Kier alpha value is -1.63. The first-order valence-corrected chi connectivity index (χ1v) is 6.70. The summed E-state index contributed by atoms with van der Waals surface area (Å²) in [6.45, 7) is 0.593. The average Bonchev–Trinajstić information content (AvgIpc) is 2.64. The van der Waals surface area contributed by atoms with Gasteiger partial charge >= 0.3 is 0 Å². The summed E-state index contributed by atoms with van der Waals surface area (Å²) >= 11 is 5.15.